The molecule has 1 saturated heterocycles. The van der Waals surface area contributed by atoms with Gasteiger partial charge in [-0.15, -0.1) is 0 Å². The number of aliphatic hydroxyl groups excluding tert-OH is 1. The smallest absolute Gasteiger partial charge is 0.349 e. The van der Waals surface area contributed by atoms with Crippen LogP contribution in [-0.4, -0.2) is 181 Å². The van der Waals surface area contributed by atoms with E-state index in [0.29, 0.717) is 12.8 Å². The fourth-order valence-corrected chi connectivity index (χ4v) is 6.93. The Morgan fingerprint density at radius 1 is 0.458 bits per heavy atom. The van der Waals surface area contributed by atoms with E-state index in [4.69, 9.17) is 14.6 Å². The van der Waals surface area contributed by atoms with Crippen molar-refractivity contribution in [2.24, 2.45) is 10.8 Å². The third-order valence-corrected chi connectivity index (χ3v) is 9.88. The lowest BCUT2D eigenvalue weighted by molar-refractivity contribution is -0.191. The summed E-state index contributed by atoms with van der Waals surface area (Å²) in [5, 5.41) is 6.90. The van der Waals surface area contributed by atoms with Crippen LogP contribution in [-0.2, 0) is 66.7 Å². The molecule has 3 rings (SSSR count). The first-order valence-corrected chi connectivity index (χ1v) is 27.1. The Hall–Kier alpha value is -6.03. The molecule has 0 aliphatic carbocycles. The molecule has 2 aromatic carbocycles. The minimum atomic E-state index is -1.75. The molecule has 96 heavy (non-hydrogen) atoms. The third kappa shape index (κ3) is 96.7. The second kappa shape index (κ2) is 93.2. The zero-order chi connectivity index (χ0) is 77.4. The van der Waals surface area contributed by atoms with Crippen LogP contribution >= 0.6 is 31.9 Å². The first kappa shape index (κ1) is 120. The zero-order valence-electron chi connectivity index (χ0n) is 52.5. The largest absolute Gasteiger partial charge is 0.462 e. The van der Waals surface area contributed by atoms with Crippen LogP contribution in [0, 0.1) is 10.8 Å². The van der Waals surface area contributed by atoms with Crippen molar-refractivity contribution >= 4 is 73.6 Å². The van der Waals surface area contributed by atoms with E-state index >= 15 is 0 Å². The molecule has 6 unspecified atom stereocenters. The molecule has 576 valence electrons. The number of carbonyl (C=O) groups is 7. The van der Waals surface area contributed by atoms with Gasteiger partial charge in [0.25, 0.3) is 0 Å². The van der Waals surface area contributed by atoms with Crippen LogP contribution in [0.5, 0.6) is 0 Å². The lowest BCUT2D eigenvalue weighted by Gasteiger charge is -2.25. The zero-order valence-corrected chi connectivity index (χ0v) is 55.6. The summed E-state index contributed by atoms with van der Waals surface area (Å²) in [5.41, 5.74) is 0.950. The molecule has 1 N–H and O–H groups in total. The molecule has 1 aliphatic heterocycles. The van der Waals surface area contributed by atoms with E-state index in [1.807, 2.05) is 88.4 Å². The third-order valence-electron chi connectivity index (χ3n) is 8.17. The summed E-state index contributed by atoms with van der Waals surface area (Å²) in [4.78, 5) is 77.6. The van der Waals surface area contributed by atoms with Crippen molar-refractivity contribution in [2.45, 2.75) is 117 Å². The van der Waals surface area contributed by atoms with Gasteiger partial charge in [0.15, 0.2) is 31.3 Å². The Bertz CT molecular complexity index is 1820. The fourth-order valence-electron chi connectivity index (χ4n) is 4.70. The predicted molar refractivity (Wildman–Crippen MR) is 313 cm³/mol. The van der Waals surface area contributed by atoms with Crippen molar-refractivity contribution in [3.8, 4) is 0 Å². The number of halogens is 26. The molecule has 0 radical (unpaired) electrons. The maximum Gasteiger partial charge on any atom is 0.349 e. The van der Waals surface area contributed by atoms with E-state index in [1.54, 1.807) is 0 Å². The minimum Gasteiger partial charge on any atom is -0.462 e. The summed E-state index contributed by atoms with van der Waals surface area (Å²) in [6, 6.07) is 19.7. The first-order chi connectivity index (χ1) is 44.5. The molecule has 1 aliphatic rings. The molecule has 41 heteroatoms. The number of carbonyl (C=O) groups excluding carboxylic acids is 7. The predicted octanol–water partition coefficient (Wildman–Crippen LogP) is 17.7. The minimum absolute atomic E-state index is 0. The standard InChI is InChI=1S/2C14H18BrFO2.C9H13FO6.C6H8O4.10CH2F2.CH3FO.CH4/c2*1-14(2,13(17)18-9-8-16)10-12(15)11-6-4-3-5-7-11;1-5(8(12)14-4-10)16-9(13)6(2)15-7(3)11;1-3-5(7)10-4(2)6(8)9-3;11*2-1-3;/h2*3-7,12H,8-10H2,1-2H3;5-6H,4H2,1-3H3;3-4H,1-2H3;10*1H2;3H,1H2;1H4. The van der Waals surface area contributed by atoms with Crippen LogP contribution < -0.4 is 0 Å². The molecule has 15 nitrogen and oxygen atoms in total. The van der Waals surface area contributed by atoms with Gasteiger partial charge in [-0.2, -0.15) is 0 Å². The van der Waals surface area contributed by atoms with Gasteiger partial charge in [-0.3, -0.25) is 14.4 Å². The molecular weight excluding hydrogens is 1520 g/mol. The number of ether oxygens (including phenoxy) is 7. The molecule has 0 bridgehead atoms. The molecular formula is C55H84Br2F24O15. The summed E-state index contributed by atoms with van der Waals surface area (Å²) >= 11 is 7.15. The number of alkyl halides is 26. The van der Waals surface area contributed by atoms with Crippen molar-refractivity contribution in [2.75, 3.05) is 110 Å². The maximum atomic E-state index is 12.0. The number of cyclic esters (lactones) is 2. The summed E-state index contributed by atoms with van der Waals surface area (Å²) in [7, 11) is 0. The van der Waals surface area contributed by atoms with Gasteiger partial charge in [0.2, 0.25) is 76.1 Å². The monoisotopic (exact) mass is 1600 g/mol. The first-order valence-electron chi connectivity index (χ1n) is 25.2. The van der Waals surface area contributed by atoms with Crippen LogP contribution in [0.4, 0.5) is 105 Å². The van der Waals surface area contributed by atoms with Gasteiger partial charge in [0.1, 0.15) is 26.6 Å². The number of hydrogen-bond acceptors (Lipinski definition) is 15. The van der Waals surface area contributed by atoms with E-state index in [-0.39, 0.29) is 42.2 Å². The van der Waals surface area contributed by atoms with Crippen molar-refractivity contribution in [1.29, 1.82) is 0 Å². The van der Waals surface area contributed by atoms with E-state index in [0.717, 1.165) is 18.1 Å². The number of esters is 7. The number of aliphatic hydroxyl groups is 1. The van der Waals surface area contributed by atoms with Crippen LogP contribution in [0.15, 0.2) is 60.7 Å². The van der Waals surface area contributed by atoms with Gasteiger partial charge in [0.05, 0.1) is 10.8 Å². The van der Waals surface area contributed by atoms with Crippen molar-refractivity contribution < 1.29 is 177 Å². The maximum absolute atomic E-state index is 12.0. The molecule has 0 aromatic heterocycles. The number of hydrogen-bond donors (Lipinski definition) is 1. The van der Waals surface area contributed by atoms with Crippen molar-refractivity contribution in [3.05, 3.63) is 71.8 Å². The Morgan fingerprint density at radius 3 is 0.896 bits per heavy atom. The van der Waals surface area contributed by atoms with Gasteiger partial charge >= 0.3 is 41.8 Å². The van der Waals surface area contributed by atoms with E-state index in [2.05, 4.69) is 55.5 Å². The SMILES string of the molecule is C.CC(=O)OC(C)C(=O)OC(C)C(=O)OCF.CC(C)(CC(Br)c1ccccc1)C(=O)OCCF.CC(C)(CC(Br)c1ccccc1)C(=O)OCCF.CC1OC(=O)C(C)OC1=O.FCF.FCF.FCF.FCF.FCF.FCF.FCF.FCF.FCF.FCF.OCF. The van der Waals surface area contributed by atoms with Crippen molar-refractivity contribution in [3.63, 3.8) is 0 Å². The van der Waals surface area contributed by atoms with Crippen LogP contribution in [0.3, 0.4) is 0 Å². The second-order valence-corrected chi connectivity index (χ2v) is 18.0. The molecule has 6 atom stereocenters. The molecule has 0 amide bonds. The van der Waals surface area contributed by atoms with Gasteiger partial charge in [-0.05, 0) is 79.4 Å². The van der Waals surface area contributed by atoms with E-state index in [1.165, 1.54) is 27.7 Å². The Labute approximate surface area is 558 Å². The summed E-state index contributed by atoms with van der Waals surface area (Å²) < 4.78 is 270. The van der Waals surface area contributed by atoms with Crippen molar-refractivity contribution in [1.82, 2.24) is 0 Å². The highest BCUT2D eigenvalue weighted by Crippen LogP contribution is 2.38. The topological polar surface area (TPSA) is 204 Å². The number of benzene rings is 2. The number of rotatable bonds is 17. The molecule has 0 spiro atoms. The summed E-state index contributed by atoms with van der Waals surface area (Å²) in [5.74, 6) is -4.24. The Morgan fingerprint density at radius 2 is 0.688 bits per heavy atom. The Kier molecular flexibility index (Phi) is 117. The Balaban J connectivity index is -0.0000000756. The van der Waals surface area contributed by atoms with E-state index in [9.17, 15) is 139 Å². The highest BCUT2D eigenvalue weighted by molar-refractivity contribution is 9.09. The average molecular weight is 1600 g/mol. The molecule has 1 heterocycles. The lowest BCUT2D eigenvalue weighted by Crippen LogP contribution is -2.40. The fraction of sp³-hybridized carbons (Fsp3) is 0.655. The highest BCUT2D eigenvalue weighted by atomic mass is 79.9. The molecule has 1 fully saturated rings. The highest BCUT2D eigenvalue weighted by Gasteiger charge is 2.34. The van der Waals surface area contributed by atoms with Gasteiger partial charge in [-0.25, -0.2) is 125 Å². The molecule has 0 saturated carbocycles. The quantitative estimate of drug-likeness (QED) is 0.0677. The molecule has 2 aromatic rings. The van der Waals surface area contributed by atoms with E-state index < -0.39 is 161 Å². The summed E-state index contributed by atoms with van der Waals surface area (Å²) in [6.07, 6.45) is -2.67. The van der Waals surface area contributed by atoms with Crippen LogP contribution in [0.25, 0.3) is 0 Å². The van der Waals surface area contributed by atoms with Crippen LogP contribution in [0.2, 0.25) is 0 Å². The van der Waals surface area contributed by atoms with Gasteiger partial charge in [0, 0.05) is 16.6 Å². The summed E-state index contributed by atoms with van der Waals surface area (Å²) in [6.45, 7) is -7.82. The second-order valence-electron chi connectivity index (χ2n) is 15.8. The van der Waals surface area contributed by atoms with Gasteiger partial charge in [-0.1, -0.05) is 100.0 Å². The van der Waals surface area contributed by atoms with Gasteiger partial charge < -0.3 is 38.3 Å². The van der Waals surface area contributed by atoms with Crippen LogP contribution in [0.1, 0.15) is 103 Å². The average Bonchev–Trinajstić information content (AvgIpc) is 0.896. The lowest BCUT2D eigenvalue weighted by atomic mass is 9.86. The normalized spacial score (nSPS) is 12.7.